The molecule has 18 heavy (non-hydrogen) atoms. The number of hydrogen-bond acceptors (Lipinski definition) is 3. The maximum Gasteiger partial charge on any atom is 0.222 e. The van der Waals surface area contributed by atoms with E-state index in [2.05, 4.69) is 4.90 Å². The molecule has 1 aliphatic carbocycles. The first kappa shape index (κ1) is 13.8. The zero-order chi connectivity index (χ0) is 12.8. The number of carbonyl (C=O) groups is 1. The Bertz CT molecular complexity index is 271. The Labute approximate surface area is 110 Å². The zero-order valence-electron chi connectivity index (χ0n) is 11.3. The molecule has 2 atom stereocenters. The number of morpholine rings is 1. The van der Waals surface area contributed by atoms with Crippen LogP contribution in [0, 0.1) is 0 Å². The molecule has 0 aromatic heterocycles. The van der Waals surface area contributed by atoms with Crippen molar-refractivity contribution in [3.05, 3.63) is 0 Å². The minimum absolute atomic E-state index is 0.319. The number of unbranched alkanes of at least 4 members (excludes halogenated alkanes) is 3. The monoisotopic (exact) mass is 254 g/mol. The summed E-state index contributed by atoms with van der Waals surface area (Å²) in [6.07, 6.45) is 8.85. The average molecular weight is 254 g/mol. The van der Waals surface area contributed by atoms with Crippen LogP contribution in [0.3, 0.4) is 0 Å². The van der Waals surface area contributed by atoms with Gasteiger partial charge < -0.3 is 15.4 Å². The topological polar surface area (TPSA) is 55.6 Å². The predicted octanol–water partition coefficient (Wildman–Crippen LogP) is 1.68. The second-order valence-electron chi connectivity index (χ2n) is 5.45. The van der Waals surface area contributed by atoms with E-state index in [1.165, 1.54) is 6.42 Å². The van der Waals surface area contributed by atoms with Crippen molar-refractivity contribution >= 4 is 5.91 Å². The number of ether oxygens (including phenoxy) is 1. The van der Waals surface area contributed by atoms with Crippen molar-refractivity contribution in [3.8, 4) is 0 Å². The first-order valence-corrected chi connectivity index (χ1v) is 7.44. The highest BCUT2D eigenvalue weighted by Crippen LogP contribution is 2.30. The Morgan fingerprint density at radius 3 is 2.89 bits per heavy atom. The first-order chi connectivity index (χ1) is 8.83. The fourth-order valence-electron chi connectivity index (χ4n) is 3.15. The molecule has 1 saturated carbocycles. The van der Waals surface area contributed by atoms with Gasteiger partial charge >= 0.3 is 0 Å². The van der Waals surface area contributed by atoms with Crippen LogP contribution in [-0.2, 0) is 9.53 Å². The van der Waals surface area contributed by atoms with E-state index < -0.39 is 0 Å². The summed E-state index contributed by atoms with van der Waals surface area (Å²) >= 11 is 0. The summed E-state index contributed by atoms with van der Waals surface area (Å²) in [5.41, 5.74) is 5.46. The Balaban J connectivity index is 1.71. The van der Waals surface area contributed by atoms with Gasteiger partial charge in [0, 0.05) is 13.0 Å². The largest absolute Gasteiger partial charge is 0.374 e. The molecule has 1 amide bonds. The lowest BCUT2D eigenvalue weighted by Crippen LogP contribution is -2.51. The summed E-state index contributed by atoms with van der Waals surface area (Å²) < 4.78 is 5.73. The van der Waals surface area contributed by atoms with Crippen LogP contribution < -0.4 is 5.73 Å². The van der Waals surface area contributed by atoms with E-state index in [0.29, 0.717) is 24.5 Å². The fraction of sp³-hybridized carbons (Fsp3) is 0.929. The van der Waals surface area contributed by atoms with E-state index in [0.717, 1.165) is 58.2 Å². The van der Waals surface area contributed by atoms with Crippen molar-refractivity contribution in [1.82, 2.24) is 4.90 Å². The van der Waals surface area contributed by atoms with E-state index in [1.54, 1.807) is 0 Å². The summed E-state index contributed by atoms with van der Waals surface area (Å²) in [6, 6.07) is 0.371. The molecule has 4 nitrogen and oxygen atoms in total. The SMILES string of the molecule is NCCCCCCC(=O)N1CCOC2CCCC21. The van der Waals surface area contributed by atoms with E-state index >= 15 is 0 Å². The van der Waals surface area contributed by atoms with Gasteiger partial charge in [0.25, 0.3) is 0 Å². The smallest absolute Gasteiger partial charge is 0.222 e. The lowest BCUT2D eigenvalue weighted by Gasteiger charge is -2.37. The molecule has 0 spiro atoms. The summed E-state index contributed by atoms with van der Waals surface area (Å²) in [4.78, 5) is 14.3. The van der Waals surface area contributed by atoms with Crippen LogP contribution in [0.15, 0.2) is 0 Å². The molecule has 1 saturated heterocycles. The highest BCUT2D eigenvalue weighted by atomic mass is 16.5. The van der Waals surface area contributed by atoms with E-state index in [-0.39, 0.29) is 0 Å². The molecule has 104 valence electrons. The van der Waals surface area contributed by atoms with E-state index in [9.17, 15) is 4.79 Å². The highest BCUT2D eigenvalue weighted by Gasteiger charge is 2.37. The van der Waals surface area contributed by atoms with Crippen LogP contribution in [0.4, 0.5) is 0 Å². The van der Waals surface area contributed by atoms with Gasteiger partial charge in [0.1, 0.15) is 0 Å². The predicted molar refractivity (Wildman–Crippen MR) is 71.2 cm³/mol. The minimum Gasteiger partial charge on any atom is -0.374 e. The zero-order valence-corrected chi connectivity index (χ0v) is 11.3. The number of carbonyl (C=O) groups excluding carboxylic acids is 1. The third-order valence-corrected chi connectivity index (χ3v) is 4.15. The van der Waals surface area contributed by atoms with Crippen molar-refractivity contribution in [2.45, 2.75) is 63.5 Å². The van der Waals surface area contributed by atoms with Crippen LogP contribution in [-0.4, -0.2) is 42.6 Å². The van der Waals surface area contributed by atoms with Gasteiger partial charge in [0.05, 0.1) is 18.8 Å². The molecule has 2 rings (SSSR count). The fourth-order valence-corrected chi connectivity index (χ4v) is 3.15. The number of amides is 1. The summed E-state index contributed by atoms with van der Waals surface area (Å²) in [7, 11) is 0. The molecular formula is C14H26N2O2. The van der Waals surface area contributed by atoms with Crippen molar-refractivity contribution in [1.29, 1.82) is 0 Å². The molecule has 0 bridgehead atoms. The molecule has 4 heteroatoms. The Hall–Kier alpha value is -0.610. The van der Waals surface area contributed by atoms with Crippen LogP contribution in [0.5, 0.6) is 0 Å². The maximum absolute atomic E-state index is 12.2. The second-order valence-corrected chi connectivity index (χ2v) is 5.45. The number of rotatable bonds is 6. The number of nitrogens with two attached hydrogens (primary N) is 1. The molecule has 2 unspecified atom stereocenters. The lowest BCUT2D eigenvalue weighted by atomic mass is 10.1. The van der Waals surface area contributed by atoms with Crippen molar-refractivity contribution in [2.24, 2.45) is 5.73 Å². The van der Waals surface area contributed by atoms with Crippen molar-refractivity contribution < 1.29 is 9.53 Å². The van der Waals surface area contributed by atoms with Gasteiger partial charge in [-0.3, -0.25) is 4.79 Å². The van der Waals surface area contributed by atoms with E-state index in [1.807, 2.05) is 0 Å². The normalized spacial score (nSPS) is 27.3. The maximum atomic E-state index is 12.2. The van der Waals surface area contributed by atoms with Gasteiger partial charge in [0.15, 0.2) is 0 Å². The molecule has 2 N–H and O–H groups in total. The molecule has 1 aliphatic heterocycles. The number of fused-ring (bicyclic) bond motifs is 1. The summed E-state index contributed by atoms with van der Waals surface area (Å²) in [5, 5.41) is 0. The standard InChI is InChI=1S/C14H26N2O2/c15-9-4-2-1-3-8-14(17)16-10-11-18-13-7-5-6-12(13)16/h12-13H,1-11,15H2. The molecule has 0 radical (unpaired) electrons. The van der Waals surface area contributed by atoms with Gasteiger partial charge in [-0.2, -0.15) is 0 Å². The minimum atomic E-state index is 0.319. The quantitative estimate of drug-likeness (QED) is 0.734. The molecule has 0 aromatic rings. The summed E-state index contributed by atoms with van der Waals surface area (Å²) in [6.45, 7) is 2.28. The highest BCUT2D eigenvalue weighted by molar-refractivity contribution is 5.76. The number of nitrogens with zero attached hydrogens (tertiary/aromatic N) is 1. The van der Waals surface area contributed by atoms with Gasteiger partial charge in [-0.05, 0) is 38.6 Å². The first-order valence-electron chi connectivity index (χ1n) is 7.44. The third-order valence-electron chi connectivity index (χ3n) is 4.15. The Morgan fingerprint density at radius 2 is 2.06 bits per heavy atom. The Kier molecular flexibility index (Phi) is 5.45. The van der Waals surface area contributed by atoms with Gasteiger partial charge in [-0.15, -0.1) is 0 Å². The average Bonchev–Trinajstić information content (AvgIpc) is 2.86. The molecule has 0 aromatic carbocycles. The van der Waals surface area contributed by atoms with Crippen molar-refractivity contribution in [3.63, 3.8) is 0 Å². The van der Waals surface area contributed by atoms with Crippen LogP contribution in [0.2, 0.25) is 0 Å². The third kappa shape index (κ3) is 3.45. The van der Waals surface area contributed by atoms with Gasteiger partial charge in [-0.25, -0.2) is 0 Å². The van der Waals surface area contributed by atoms with Crippen LogP contribution in [0.25, 0.3) is 0 Å². The molecule has 2 fully saturated rings. The molecule has 1 heterocycles. The lowest BCUT2D eigenvalue weighted by molar-refractivity contribution is -0.144. The second kappa shape index (κ2) is 7.10. The van der Waals surface area contributed by atoms with Gasteiger partial charge in [-0.1, -0.05) is 12.8 Å². The van der Waals surface area contributed by atoms with E-state index in [4.69, 9.17) is 10.5 Å². The molecule has 2 aliphatic rings. The van der Waals surface area contributed by atoms with Gasteiger partial charge in [0.2, 0.25) is 5.91 Å². The van der Waals surface area contributed by atoms with Crippen LogP contribution >= 0.6 is 0 Å². The molecular weight excluding hydrogens is 228 g/mol. The van der Waals surface area contributed by atoms with Crippen molar-refractivity contribution in [2.75, 3.05) is 19.7 Å². The Morgan fingerprint density at radius 1 is 1.22 bits per heavy atom. The number of hydrogen-bond donors (Lipinski definition) is 1. The van der Waals surface area contributed by atoms with Crippen LogP contribution in [0.1, 0.15) is 51.4 Å². The summed E-state index contributed by atoms with van der Waals surface area (Å²) in [5.74, 6) is 0.336.